The molecule has 1 N–H and O–H groups in total. The average molecular weight is 224 g/mol. The molecule has 1 aliphatic rings. The number of nitrogens with one attached hydrogen (secondary N) is 1. The summed E-state index contributed by atoms with van der Waals surface area (Å²) >= 11 is 1.70. The van der Waals surface area contributed by atoms with Crippen LogP contribution in [0.4, 0.5) is 0 Å². The molecule has 1 atom stereocenters. The maximum Gasteiger partial charge on any atom is 0.223 e. The van der Waals surface area contributed by atoms with E-state index in [0.29, 0.717) is 0 Å². The van der Waals surface area contributed by atoms with Gasteiger partial charge >= 0.3 is 0 Å². The van der Waals surface area contributed by atoms with Gasteiger partial charge in [0.2, 0.25) is 5.91 Å². The first-order chi connectivity index (χ1) is 7.27. The normalized spacial score (nSPS) is 21.4. The first-order valence-electron chi connectivity index (χ1n) is 5.44. The van der Waals surface area contributed by atoms with Gasteiger partial charge in [0.15, 0.2) is 0 Å². The van der Waals surface area contributed by atoms with E-state index < -0.39 is 0 Å². The van der Waals surface area contributed by atoms with Gasteiger partial charge in [0.25, 0.3) is 0 Å². The molecule has 0 radical (unpaired) electrons. The Morgan fingerprint density at radius 1 is 1.67 bits per heavy atom. The Balaban J connectivity index is 1.87. The molecule has 3 nitrogen and oxygen atoms in total. The van der Waals surface area contributed by atoms with Crippen LogP contribution in [0, 0.1) is 12.8 Å². The molecule has 1 amide bonds. The van der Waals surface area contributed by atoms with Crippen molar-refractivity contribution in [1.29, 1.82) is 0 Å². The molecule has 1 aromatic heterocycles. The average Bonchev–Trinajstić information content (AvgIpc) is 2.63. The maximum atomic E-state index is 11.5. The molecule has 0 spiro atoms. The number of amides is 1. The lowest BCUT2D eigenvalue weighted by molar-refractivity contribution is -0.126. The lowest BCUT2D eigenvalue weighted by Crippen LogP contribution is -2.36. The van der Waals surface area contributed by atoms with Crippen LogP contribution in [-0.4, -0.2) is 17.4 Å². The molecular formula is C11H16N2OS. The first-order valence-corrected chi connectivity index (χ1v) is 6.32. The zero-order valence-corrected chi connectivity index (χ0v) is 9.77. The van der Waals surface area contributed by atoms with E-state index >= 15 is 0 Å². The van der Waals surface area contributed by atoms with Crippen LogP contribution < -0.4 is 5.32 Å². The van der Waals surface area contributed by atoms with E-state index in [-0.39, 0.29) is 11.8 Å². The molecule has 1 aromatic rings. The molecule has 0 aliphatic carbocycles. The minimum absolute atomic E-state index is 0.222. The fourth-order valence-electron chi connectivity index (χ4n) is 1.98. The SMILES string of the molecule is Cc1ncsc1CCC1CCCNC1=O. The Morgan fingerprint density at radius 2 is 2.53 bits per heavy atom. The second kappa shape index (κ2) is 4.75. The molecule has 0 saturated carbocycles. The number of aromatic nitrogens is 1. The predicted octanol–water partition coefficient (Wildman–Crippen LogP) is 1.91. The van der Waals surface area contributed by atoms with Gasteiger partial charge in [-0.25, -0.2) is 4.98 Å². The summed E-state index contributed by atoms with van der Waals surface area (Å²) in [6.07, 6.45) is 4.13. The van der Waals surface area contributed by atoms with Crippen LogP contribution in [0.15, 0.2) is 5.51 Å². The summed E-state index contributed by atoms with van der Waals surface area (Å²) in [6.45, 7) is 2.89. The fourth-order valence-corrected chi connectivity index (χ4v) is 2.78. The standard InChI is InChI=1S/C11H16N2OS/c1-8-10(15-7-13-8)5-4-9-3-2-6-12-11(9)14/h7,9H,2-6H2,1H3,(H,12,14). The number of hydrogen-bond donors (Lipinski definition) is 1. The minimum Gasteiger partial charge on any atom is -0.356 e. The molecule has 1 saturated heterocycles. The van der Waals surface area contributed by atoms with Crippen molar-refractivity contribution in [3.05, 3.63) is 16.1 Å². The van der Waals surface area contributed by atoms with Gasteiger partial charge in [-0.2, -0.15) is 0 Å². The third-order valence-corrected chi connectivity index (χ3v) is 3.96. The summed E-state index contributed by atoms with van der Waals surface area (Å²) in [5.74, 6) is 0.462. The monoisotopic (exact) mass is 224 g/mol. The molecule has 82 valence electrons. The number of nitrogens with zero attached hydrogens (tertiary/aromatic N) is 1. The summed E-state index contributed by atoms with van der Waals surface area (Å²) in [5.41, 5.74) is 3.00. The highest BCUT2D eigenvalue weighted by Gasteiger charge is 2.21. The Labute approximate surface area is 93.9 Å². The van der Waals surface area contributed by atoms with Crippen molar-refractivity contribution in [2.75, 3.05) is 6.54 Å². The second-order valence-corrected chi connectivity index (χ2v) is 4.97. The molecule has 1 unspecified atom stereocenters. The van der Waals surface area contributed by atoms with Gasteiger partial charge in [-0.15, -0.1) is 11.3 Å². The molecule has 1 aliphatic heterocycles. The number of piperidine rings is 1. The van der Waals surface area contributed by atoms with Crippen molar-refractivity contribution in [3.63, 3.8) is 0 Å². The number of aryl methyl sites for hydroxylation is 2. The second-order valence-electron chi connectivity index (χ2n) is 4.03. The number of thiazole rings is 1. The topological polar surface area (TPSA) is 42.0 Å². The van der Waals surface area contributed by atoms with Gasteiger partial charge < -0.3 is 5.32 Å². The van der Waals surface area contributed by atoms with E-state index in [1.807, 2.05) is 12.4 Å². The van der Waals surface area contributed by atoms with E-state index in [9.17, 15) is 4.79 Å². The van der Waals surface area contributed by atoms with Gasteiger partial charge in [-0.3, -0.25) is 4.79 Å². The smallest absolute Gasteiger partial charge is 0.223 e. The van der Waals surface area contributed by atoms with Crippen LogP contribution in [0.5, 0.6) is 0 Å². The van der Waals surface area contributed by atoms with Crippen LogP contribution in [0.25, 0.3) is 0 Å². The van der Waals surface area contributed by atoms with Crippen LogP contribution in [0.1, 0.15) is 29.8 Å². The number of carbonyl (C=O) groups excluding carboxylic acids is 1. The quantitative estimate of drug-likeness (QED) is 0.852. The van der Waals surface area contributed by atoms with E-state index in [0.717, 1.165) is 37.9 Å². The number of carbonyl (C=O) groups is 1. The van der Waals surface area contributed by atoms with Crippen LogP contribution in [0.2, 0.25) is 0 Å². The van der Waals surface area contributed by atoms with E-state index in [4.69, 9.17) is 0 Å². The summed E-state index contributed by atoms with van der Waals surface area (Å²) in [6, 6.07) is 0. The summed E-state index contributed by atoms with van der Waals surface area (Å²) in [4.78, 5) is 17.1. The van der Waals surface area contributed by atoms with E-state index in [1.54, 1.807) is 11.3 Å². The van der Waals surface area contributed by atoms with Gasteiger partial charge in [0.1, 0.15) is 0 Å². The minimum atomic E-state index is 0.222. The summed E-state index contributed by atoms with van der Waals surface area (Å²) in [7, 11) is 0. The third-order valence-electron chi connectivity index (χ3n) is 2.96. The predicted molar refractivity (Wildman–Crippen MR) is 60.9 cm³/mol. The highest BCUT2D eigenvalue weighted by atomic mass is 32.1. The molecule has 2 heterocycles. The Hall–Kier alpha value is -0.900. The Kier molecular flexibility index (Phi) is 3.36. The van der Waals surface area contributed by atoms with Gasteiger partial charge in [0.05, 0.1) is 11.2 Å². The van der Waals surface area contributed by atoms with Crippen molar-refractivity contribution >= 4 is 17.2 Å². The largest absolute Gasteiger partial charge is 0.356 e. The number of hydrogen-bond acceptors (Lipinski definition) is 3. The van der Waals surface area contributed by atoms with Crippen LogP contribution in [0.3, 0.4) is 0 Å². The van der Waals surface area contributed by atoms with Gasteiger partial charge in [0, 0.05) is 17.3 Å². The molecule has 1 fully saturated rings. The molecule has 2 rings (SSSR count). The van der Waals surface area contributed by atoms with Crippen LogP contribution in [-0.2, 0) is 11.2 Å². The van der Waals surface area contributed by atoms with Crippen molar-refractivity contribution in [2.45, 2.75) is 32.6 Å². The maximum absolute atomic E-state index is 11.5. The number of rotatable bonds is 3. The van der Waals surface area contributed by atoms with Crippen molar-refractivity contribution in [1.82, 2.24) is 10.3 Å². The highest BCUT2D eigenvalue weighted by Crippen LogP contribution is 2.21. The third kappa shape index (κ3) is 2.56. The van der Waals surface area contributed by atoms with Crippen LogP contribution >= 0.6 is 11.3 Å². The Bertz CT molecular complexity index is 348. The molecule has 0 bridgehead atoms. The van der Waals surface area contributed by atoms with Crippen molar-refractivity contribution in [2.24, 2.45) is 5.92 Å². The highest BCUT2D eigenvalue weighted by molar-refractivity contribution is 7.09. The molecular weight excluding hydrogens is 208 g/mol. The summed E-state index contributed by atoms with van der Waals surface area (Å²) < 4.78 is 0. The molecule has 15 heavy (non-hydrogen) atoms. The lowest BCUT2D eigenvalue weighted by atomic mass is 9.93. The molecule has 4 heteroatoms. The van der Waals surface area contributed by atoms with Gasteiger partial charge in [-0.05, 0) is 32.6 Å². The molecule has 0 aromatic carbocycles. The van der Waals surface area contributed by atoms with Gasteiger partial charge in [-0.1, -0.05) is 0 Å². The summed E-state index contributed by atoms with van der Waals surface area (Å²) in [5, 5.41) is 2.93. The zero-order chi connectivity index (χ0) is 10.7. The van der Waals surface area contributed by atoms with Crippen molar-refractivity contribution < 1.29 is 4.79 Å². The fraction of sp³-hybridized carbons (Fsp3) is 0.636. The lowest BCUT2D eigenvalue weighted by Gasteiger charge is -2.21. The first kappa shape index (κ1) is 10.6. The van der Waals surface area contributed by atoms with Crippen molar-refractivity contribution in [3.8, 4) is 0 Å². The zero-order valence-electron chi connectivity index (χ0n) is 8.95. The Morgan fingerprint density at radius 3 is 3.20 bits per heavy atom. The van der Waals surface area contributed by atoms with E-state index in [1.165, 1.54) is 4.88 Å². The van der Waals surface area contributed by atoms with E-state index in [2.05, 4.69) is 10.3 Å².